The predicted molar refractivity (Wildman–Crippen MR) is 80.2 cm³/mol. The number of esters is 1. The minimum Gasteiger partial charge on any atom is -0.468 e. The van der Waals surface area contributed by atoms with Gasteiger partial charge in [-0.3, -0.25) is 4.79 Å². The number of nitrogens with zero attached hydrogens (tertiary/aromatic N) is 1. The van der Waals surface area contributed by atoms with Crippen LogP contribution in [0.25, 0.3) is 0 Å². The number of carbonyl (C=O) groups excluding carboxylic acids is 1. The maximum absolute atomic E-state index is 12.4. The normalized spacial score (nSPS) is 11.6. The summed E-state index contributed by atoms with van der Waals surface area (Å²) >= 11 is 2.10. The van der Waals surface area contributed by atoms with E-state index in [4.69, 9.17) is 0 Å². The number of methoxy groups -OCH3 is 1. The van der Waals surface area contributed by atoms with E-state index in [0.29, 0.717) is 6.42 Å². The molecule has 7 heteroatoms. The first-order valence-electron chi connectivity index (χ1n) is 5.74. The molecular weight excluding hydrogens is 381 g/mol. The number of sulfonamides is 1. The van der Waals surface area contributed by atoms with Crippen molar-refractivity contribution in [2.24, 2.45) is 0 Å². The number of halogens is 1. The zero-order valence-electron chi connectivity index (χ0n) is 10.8. The Bertz CT molecular complexity index is 527. The quantitative estimate of drug-likeness (QED) is 0.543. The average Bonchev–Trinajstić information content (AvgIpc) is 2.38. The molecule has 1 rings (SSSR count). The first kappa shape index (κ1) is 16.4. The minimum atomic E-state index is -3.66. The molecule has 19 heavy (non-hydrogen) atoms. The van der Waals surface area contributed by atoms with Gasteiger partial charge in [0.2, 0.25) is 10.0 Å². The number of hydrogen-bond acceptors (Lipinski definition) is 4. The Hall–Kier alpha value is -0.670. The van der Waals surface area contributed by atoms with Gasteiger partial charge in [0.05, 0.1) is 12.0 Å². The third kappa shape index (κ3) is 4.43. The zero-order valence-corrected chi connectivity index (χ0v) is 13.8. The third-order valence-electron chi connectivity index (χ3n) is 2.46. The summed E-state index contributed by atoms with van der Waals surface area (Å²) in [5, 5.41) is 0. The summed E-state index contributed by atoms with van der Waals surface area (Å²) in [6, 6.07) is 6.51. The van der Waals surface area contributed by atoms with Gasteiger partial charge >= 0.3 is 5.97 Å². The van der Waals surface area contributed by atoms with Crippen LogP contribution in [0.3, 0.4) is 0 Å². The van der Waals surface area contributed by atoms with Gasteiger partial charge in [0.1, 0.15) is 6.54 Å². The van der Waals surface area contributed by atoms with E-state index in [0.717, 1.165) is 7.88 Å². The lowest BCUT2D eigenvalue weighted by atomic mass is 10.4. The number of ether oxygens (including phenoxy) is 1. The Morgan fingerprint density at radius 2 is 1.89 bits per heavy atom. The molecule has 0 bridgehead atoms. The molecule has 0 N–H and O–H groups in total. The van der Waals surface area contributed by atoms with Crippen LogP contribution in [0.4, 0.5) is 0 Å². The van der Waals surface area contributed by atoms with Gasteiger partial charge in [-0.1, -0.05) is 6.92 Å². The summed E-state index contributed by atoms with van der Waals surface area (Å²) in [4.78, 5) is 11.5. The van der Waals surface area contributed by atoms with E-state index in [1.54, 1.807) is 12.1 Å². The van der Waals surface area contributed by atoms with Crippen molar-refractivity contribution in [1.82, 2.24) is 4.31 Å². The van der Waals surface area contributed by atoms with E-state index in [1.165, 1.54) is 19.2 Å². The molecule has 0 atom stereocenters. The molecule has 5 nitrogen and oxygen atoms in total. The van der Waals surface area contributed by atoms with E-state index in [-0.39, 0.29) is 18.0 Å². The van der Waals surface area contributed by atoms with Crippen LogP contribution in [0.15, 0.2) is 29.2 Å². The average molecular weight is 397 g/mol. The predicted octanol–water partition coefficient (Wildman–Crippen LogP) is 1.86. The summed E-state index contributed by atoms with van der Waals surface area (Å²) in [5.41, 5.74) is 0. The highest BCUT2D eigenvalue weighted by Gasteiger charge is 2.26. The van der Waals surface area contributed by atoms with Gasteiger partial charge in [-0.05, 0) is 53.3 Å². The standard InChI is InChI=1S/C12H16INO4S/c1-3-8-14(9-12(15)18-2)19(16,17)11-6-4-10(13)5-7-11/h4-7H,3,8-9H2,1-2H3. The van der Waals surface area contributed by atoms with Gasteiger partial charge in [0, 0.05) is 10.1 Å². The molecular formula is C12H16INO4S. The molecule has 0 unspecified atom stereocenters. The fraction of sp³-hybridized carbons (Fsp3) is 0.417. The van der Waals surface area contributed by atoms with Gasteiger partial charge in [0.25, 0.3) is 0 Å². The highest BCUT2D eigenvalue weighted by molar-refractivity contribution is 14.1. The Labute approximate surface area is 127 Å². The molecule has 0 aliphatic carbocycles. The molecule has 0 heterocycles. The molecule has 0 spiro atoms. The summed E-state index contributed by atoms with van der Waals surface area (Å²) < 4.78 is 31.4. The summed E-state index contributed by atoms with van der Waals surface area (Å²) in [7, 11) is -2.42. The molecule has 1 aromatic carbocycles. The van der Waals surface area contributed by atoms with Gasteiger partial charge in [-0.2, -0.15) is 4.31 Å². The number of hydrogen-bond donors (Lipinski definition) is 0. The van der Waals surface area contributed by atoms with E-state index in [2.05, 4.69) is 27.3 Å². The first-order valence-corrected chi connectivity index (χ1v) is 8.26. The van der Waals surface area contributed by atoms with Crippen LogP contribution in [0.2, 0.25) is 0 Å². The maximum atomic E-state index is 12.4. The lowest BCUT2D eigenvalue weighted by molar-refractivity contribution is -0.140. The van der Waals surface area contributed by atoms with Crippen molar-refractivity contribution in [2.75, 3.05) is 20.2 Å². The topological polar surface area (TPSA) is 63.7 Å². The second-order valence-corrected chi connectivity index (χ2v) is 7.05. The van der Waals surface area contributed by atoms with Gasteiger partial charge in [-0.15, -0.1) is 0 Å². The lowest BCUT2D eigenvalue weighted by Gasteiger charge is -2.20. The van der Waals surface area contributed by atoms with Crippen molar-refractivity contribution in [1.29, 1.82) is 0 Å². The number of benzene rings is 1. The third-order valence-corrected chi connectivity index (χ3v) is 5.04. The van der Waals surface area contributed by atoms with Crippen LogP contribution >= 0.6 is 22.6 Å². The van der Waals surface area contributed by atoms with Crippen LogP contribution in [-0.4, -0.2) is 38.9 Å². The van der Waals surface area contributed by atoms with Gasteiger partial charge < -0.3 is 4.74 Å². The SMILES string of the molecule is CCCN(CC(=O)OC)S(=O)(=O)c1ccc(I)cc1. The second-order valence-electron chi connectivity index (χ2n) is 3.87. The molecule has 0 saturated carbocycles. The van der Waals surface area contributed by atoms with Gasteiger partial charge in [0.15, 0.2) is 0 Å². The van der Waals surface area contributed by atoms with Crippen LogP contribution in [0.1, 0.15) is 13.3 Å². The first-order chi connectivity index (χ1) is 8.91. The van der Waals surface area contributed by atoms with Crippen molar-refractivity contribution >= 4 is 38.6 Å². The molecule has 0 fully saturated rings. The van der Waals surface area contributed by atoms with Crippen molar-refractivity contribution in [3.8, 4) is 0 Å². The van der Waals surface area contributed by atoms with E-state index in [9.17, 15) is 13.2 Å². The monoisotopic (exact) mass is 397 g/mol. The summed E-state index contributed by atoms with van der Waals surface area (Å²) in [6.07, 6.45) is 0.626. The van der Waals surface area contributed by atoms with Crippen molar-refractivity contribution in [3.05, 3.63) is 27.8 Å². The largest absolute Gasteiger partial charge is 0.468 e. The van der Waals surface area contributed by atoms with Gasteiger partial charge in [-0.25, -0.2) is 8.42 Å². The fourth-order valence-corrected chi connectivity index (χ4v) is 3.33. The molecule has 106 valence electrons. The van der Waals surface area contributed by atoms with Crippen LogP contribution in [-0.2, 0) is 19.6 Å². The molecule has 0 saturated heterocycles. The Kier molecular flexibility index (Phi) is 6.21. The Balaban J connectivity index is 3.05. The number of carbonyl (C=O) groups is 1. The molecule has 0 aromatic heterocycles. The Morgan fingerprint density at radius 3 is 2.37 bits per heavy atom. The maximum Gasteiger partial charge on any atom is 0.321 e. The fourth-order valence-electron chi connectivity index (χ4n) is 1.50. The van der Waals surface area contributed by atoms with E-state index >= 15 is 0 Å². The van der Waals surface area contributed by atoms with Crippen LogP contribution in [0, 0.1) is 3.57 Å². The highest BCUT2D eigenvalue weighted by Crippen LogP contribution is 2.17. The second kappa shape index (κ2) is 7.20. The van der Waals surface area contributed by atoms with E-state index in [1.807, 2.05) is 6.92 Å². The zero-order chi connectivity index (χ0) is 14.5. The van der Waals surface area contributed by atoms with Crippen LogP contribution in [0.5, 0.6) is 0 Å². The molecule has 0 radical (unpaired) electrons. The highest BCUT2D eigenvalue weighted by atomic mass is 127. The Morgan fingerprint density at radius 1 is 1.32 bits per heavy atom. The lowest BCUT2D eigenvalue weighted by Crippen LogP contribution is -2.36. The van der Waals surface area contributed by atoms with E-state index < -0.39 is 16.0 Å². The smallest absolute Gasteiger partial charge is 0.321 e. The van der Waals surface area contributed by atoms with Crippen molar-refractivity contribution in [2.45, 2.75) is 18.2 Å². The van der Waals surface area contributed by atoms with Crippen LogP contribution < -0.4 is 0 Å². The summed E-state index contributed by atoms with van der Waals surface area (Å²) in [6.45, 7) is 1.87. The summed E-state index contributed by atoms with van der Waals surface area (Å²) in [5.74, 6) is -0.567. The minimum absolute atomic E-state index is 0.185. The molecule has 0 aliphatic rings. The molecule has 1 aromatic rings. The van der Waals surface area contributed by atoms with Crippen molar-refractivity contribution in [3.63, 3.8) is 0 Å². The molecule has 0 amide bonds. The van der Waals surface area contributed by atoms with Crippen molar-refractivity contribution < 1.29 is 17.9 Å². The number of rotatable bonds is 6. The molecule has 0 aliphatic heterocycles.